The summed E-state index contributed by atoms with van der Waals surface area (Å²) < 4.78 is 11.5. The van der Waals surface area contributed by atoms with E-state index in [2.05, 4.69) is 29.3 Å². The number of hydrogen-bond acceptors (Lipinski definition) is 4. The molecule has 0 N–H and O–H groups in total. The standard InChI is InChI=1S/C25H16N2O2/c1-28-25-21(15-26)20(19-11-6-9-16-7-2-4-10-18(16)19)14-22(27-25)24-13-17-8-3-5-12-23(17)29-24/h2-14H,1H3. The summed E-state index contributed by atoms with van der Waals surface area (Å²) in [5.41, 5.74) is 3.55. The Bertz CT molecular complexity index is 1370. The number of pyridine rings is 1. The van der Waals surface area contributed by atoms with Crippen molar-refractivity contribution in [2.45, 2.75) is 0 Å². The van der Waals surface area contributed by atoms with Crippen molar-refractivity contribution >= 4 is 21.7 Å². The molecule has 0 bridgehead atoms. The average Bonchev–Trinajstić information content (AvgIpc) is 3.22. The third-order valence-electron chi connectivity index (χ3n) is 5.05. The summed E-state index contributed by atoms with van der Waals surface area (Å²) in [4.78, 5) is 4.56. The second kappa shape index (κ2) is 6.81. The molecule has 2 heterocycles. The molecule has 0 amide bonds. The smallest absolute Gasteiger partial charge is 0.232 e. The zero-order valence-electron chi connectivity index (χ0n) is 15.7. The van der Waals surface area contributed by atoms with Crippen molar-refractivity contribution < 1.29 is 9.15 Å². The second-order valence-corrected chi connectivity index (χ2v) is 6.73. The van der Waals surface area contributed by atoms with Crippen LogP contribution in [0.15, 0.2) is 83.3 Å². The van der Waals surface area contributed by atoms with Crippen molar-refractivity contribution in [3.8, 4) is 34.5 Å². The van der Waals surface area contributed by atoms with Gasteiger partial charge in [0, 0.05) is 10.9 Å². The number of hydrogen-bond donors (Lipinski definition) is 0. The molecule has 0 saturated carbocycles. The predicted octanol–water partition coefficient (Wildman–Crippen LogP) is 6.20. The first-order valence-electron chi connectivity index (χ1n) is 9.24. The Morgan fingerprint density at radius 3 is 2.41 bits per heavy atom. The third kappa shape index (κ3) is 2.81. The van der Waals surface area contributed by atoms with Crippen molar-refractivity contribution in [3.05, 3.63) is 84.4 Å². The zero-order valence-corrected chi connectivity index (χ0v) is 15.7. The van der Waals surface area contributed by atoms with Crippen molar-refractivity contribution in [3.63, 3.8) is 0 Å². The summed E-state index contributed by atoms with van der Waals surface area (Å²) in [6, 6.07) is 28.1. The number of methoxy groups -OCH3 is 1. The molecule has 0 aliphatic carbocycles. The lowest BCUT2D eigenvalue weighted by Crippen LogP contribution is -1.97. The van der Waals surface area contributed by atoms with Crippen LogP contribution in [0.1, 0.15) is 5.56 Å². The number of aromatic nitrogens is 1. The summed E-state index contributed by atoms with van der Waals surface area (Å²) in [5.74, 6) is 0.920. The second-order valence-electron chi connectivity index (χ2n) is 6.73. The molecule has 0 radical (unpaired) electrons. The van der Waals surface area contributed by atoms with Crippen LogP contribution in [0.2, 0.25) is 0 Å². The van der Waals surface area contributed by atoms with Crippen LogP contribution in [0.25, 0.3) is 44.3 Å². The quantitative estimate of drug-likeness (QED) is 0.376. The first-order valence-corrected chi connectivity index (χ1v) is 9.24. The normalized spacial score (nSPS) is 10.9. The maximum Gasteiger partial charge on any atom is 0.232 e. The Morgan fingerprint density at radius 1 is 0.862 bits per heavy atom. The van der Waals surface area contributed by atoms with E-state index < -0.39 is 0 Å². The molecule has 3 aromatic carbocycles. The largest absolute Gasteiger partial charge is 0.480 e. The number of ether oxygens (including phenoxy) is 1. The fraction of sp³-hybridized carbons (Fsp3) is 0.0400. The van der Waals surface area contributed by atoms with E-state index in [9.17, 15) is 5.26 Å². The number of nitrogens with zero attached hydrogens (tertiary/aromatic N) is 2. The minimum absolute atomic E-state index is 0.286. The highest BCUT2D eigenvalue weighted by molar-refractivity contribution is 5.98. The van der Waals surface area contributed by atoms with E-state index in [0.717, 1.165) is 32.9 Å². The van der Waals surface area contributed by atoms with Crippen LogP contribution in [-0.2, 0) is 0 Å². The average molecular weight is 376 g/mol. The number of rotatable bonds is 3. The van der Waals surface area contributed by atoms with Gasteiger partial charge in [-0.25, -0.2) is 4.98 Å². The van der Waals surface area contributed by atoms with Gasteiger partial charge in [-0.2, -0.15) is 5.26 Å². The van der Waals surface area contributed by atoms with Gasteiger partial charge >= 0.3 is 0 Å². The molecule has 5 aromatic rings. The molecule has 0 atom stereocenters. The number of benzene rings is 3. The minimum Gasteiger partial charge on any atom is -0.480 e. The number of nitriles is 1. The van der Waals surface area contributed by atoms with Gasteiger partial charge in [0.1, 0.15) is 22.9 Å². The van der Waals surface area contributed by atoms with Crippen LogP contribution in [-0.4, -0.2) is 12.1 Å². The molecule has 0 aliphatic rings. The molecular weight excluding hydrogens is 360 g/mol. The van der Waals surface area contributed by atoms with Crippen LogP contribution in [0.3, 0.4) is 0 Å². The molecule has 0 unspecified atom stereocenters. The van der Waals surface area contributed by atoms with Gasteiger partial charge in [0.15, 0.2) is 5.76 Å². The number of para-hydroxylation sites is 1. The fourth-order valence-electron chi connectivity index (χ4n) is 3.68. The molecule has 138 valence electrons. The van der Waals surface area contributed by atoms with Gasteiger partial charge in [0.2, 0.25) is 5.88 Å². The highest BCUT2D eigenvalue weighted by Gasteiger charge is 2.19. The van der Waals surface area contributed by atoms with E-state index in [-0.39, 0.29) is 5.88 Å². The molecule has 4 nitrogen and oxygen atoms in total. The molecule has 4 heteroatoms. The minimum atomic E-state index is 0.286. The monoisotopic (exact) mass is 376 g/mol. The SMILES string of the molecule is COc1nc(-c2cc3ccccc3o2)cc(-c2cccc3ccccc23)c1C#N. The van der Waals surface area contributed by atoms with Gasteiger partial charge in [-0.1, -0.05) is 60.7 Å². The van der Waals surface area contributed by atoms with E-state index >= 15 is 0 Å². The maximum atomic E-state index is 9.85. The summed E-state index contributed by atoms with van der Waals surface area (Å²) >= 11 is 0. The Kier molecular flexibility index (Phi) is 4.00. The zero-order chi connectivity index (χ0) is 19.8. The highest BCUT2D eigenvalue weighted by Crippen LogP contribution is 2.37. The third-order valence-corrected chi connectivity index (χ3v) is 5.05. The predicted molar refractivity (Wildman–Crippen MR) is 114 cm³/mol. The van der Waals surface area contributed by atoms with Crippen LogP contribution < -0.4 is 4.74 Å². The van der Waals surface area contributed by atoms with Gasteiger partial charge in [-0.15, -0.1) is 0 Å². The van der Waals surface area contributed by atoms with Gasteiger partial charge in [-0.3, -0.25) is 0 Å². The van der Waals surface area contributed by atoms with Crippen molar-refractivity contribution in [1.82, 2.24) is 4.98 Å². The van der Waals surface area contributed by atoms with Crippen molar-refractivity contribution in [2.24, 2.45) is 0 Å². The first-order chi connectivity index (χ1) is 14.3. The van der Waals surface area contributed by atoms with Gasteiger partial charge in [-0.05, 0) is 34.5 Å². The number of furan rings is 1. The molecule has 0 spiro atoms. The van der Waals surface area contributed by atoms with Crippen molar-refractivity contribution in [1.29, 1.82) is 5.26 Å². The molecule has 0 saturated heterocycles. The van der Waals surface area contributed by atoms with Crippen LogP contribution >= 0.6 is 0 Å². The summed E-state index contributed by atoms with van der Waals surface area (Å²) in [6.07, 6.45) is 0. The van der Waals surface area contributed by atoms with E-state index in [4.69, 9.17) is 9.15 Å². The first kappa shape index (κ1) is 17.0. The Balaban J connectivity index is 1.80. The van der Waals surface area contributed by atoms with Gasteiger partial charge in [0.05, 0.1) is 7.11 Å². The molecule has 29 heavy (non-hydrogen) atoms. The van der Waals surface area contributed by atoms with Crippen molar-refractivity contribution in [2.75, 3.05) is 7.11 Å². The lowest BCUT2D eigenvalue weighted by atomic mass is 9.95. The fourth-order valence-corrected chi connectivity index (χ4v) is 3.68. The van der Waals surface area contributed by atoms with E-state index in [1.807, 2.05) is 60.7 Å². The van der Waals surface area contributed by atoms with Crippen LogP contribution in [0.5, 0.6) is 5.88 Å². The van der Waals surface area contributed by atoms with E-state index in [1.54, 1.807) is 0 Å². The highest BCUT2D eigenvalue weighted by atomic mass is 16.5. The summed E-state index contributed by atoms with van der Waals surface area (Å²) in [5, 5.41) is 13.0. The Hall–Kier alpha value is -4.10. The Morgan fingerprint density at radius 2 is 1.62 bits per heavy atom. The molecule has 5 rings (SSSR count). The van der Waals surface area contributed by atoms with Gasteiger partial charge < -0.3 is 9.15 Å². The molecule has 0 fully saturated rings. The number of fused-ring (bicyclic) bond motifs is 2. The lowest BCUT2D eigenvalue weighted by molar-refractivity contribution is 0.397. The van der Waals surface area contributed by atoms with E-state index in [0.29, 0.717) is 17.0 Å². The lowest BCUT2D eigenvalue weighted by Gasteiger charge is -2.12. The topological polar surface area (TPSA) is 59.1 Å². The molecule has 0 aliphatic heterocycles. The molecular formula is C25H16N2O2. The summed E-state index contributed by atoms with van der Waals surface area (Å²) in [7, 11) is 1.53. The Labute approximate surface area is 167 Å². The summed E-state index contributed by atoms with van der Waals surface area (Å²) in [6.45, 7) is 0. The van der Waals surface area contributed by atoms with E-state index in [1.165, 1.54) is 7.11 Å². The maximum absolute atomic E-state index is 9.85. The van der Waals surface area contributed by atoms with Crippen LogP contribution in [0, 0.1) is 11.3 Å². The van der Waals surface area contributed by atoms with Crippen LogP contribution in [0.4, 0.5) is 0 Å². The van der Waals surface area contributed by atoms with Gasteiger partial charge in [0.25, 0.3) is 0 Å². The molecule has 2 aromatic heterocycles.